The van der Waals surface area contributed by atoms with Crippen LogP contribution in [0.2, 0.25) is 0 Å². The Hall–Kier alpha value is -3.69. The van der Waals surface area contributed by atoms with Crippen molar-refractivity contribution in [2.75, 3.05) is 11.9 Å². The number of fused-ring (bicyclic) bond motifs is 1. The van der Waals surface area contributed by atoms with Crippen molar-refractivity contribution in [1.29, 1.82) is 0 Å². The fourth-order valence-electron chi connectivity index (χ4n) is 3.55. The number of benzene rings is 2. The van der Waals surface area contributed by atoms with Crippen LogP contribution >= 0.6 is 0 Å². The predicted octanol–water partition coefficient (Wildman–Crippen LogP) is 4.77. The number of halogens is 4. The van der Waals surface area contributed by atoms with Crippen LogP contribution in [0.4, 0.5) is 23.2 Å². The Kier molecular flexibility index (Phi) is 7.09. The topological polar surface area (TPSA) is 77.4 Å². The number of esters is 1. The summed E-state index contributed by atoms with van der Waals surface area (Å²) in [6.07, 6.45) is -3.66. The van der Waals surface area contributed by atoms with E-state index in [1.54, 1.807) is 32.0 Å². The third-order valence-electron chi connectivity index (χ3n) is 5.29. The number of nitrogens with one attached hydrogen (secondary N) is 1. The highest BCUT2D eigenvalue weighted by Crippen LogP contribution is 2.32. The van der Waals surface area contributed by atoms with Gasteiger partial charge >= 0.3 is 12.1 Å². The van der Waals surface area contributed by atoms with E-state index < -0.39 is 35.5 Å². The lowest BCUT2D eigenvalue weighted by Crippen LogP contribution is -2.26. The molecule has 1 atom stereocenters. The second-order valence-electron chi connectivity index (χ2n) is 7.94. The van der Waals surface area contributed by atoms with E-state index in [4.69, 9.17) is 4.74 Å². The molecule has 10 heteroatoms. The molecule has 0 aliphatic heterocycles. The lowest BCUT2D eigenvalue weighted by atomic mass is 10.0. The second kappa shape index (κ2) is 9.66. The van der Waals surface area contributed by atoms with Gasteiger partial charge in [0.05, 0.1) is 23.7 Å². The van der Waals surface area contributed by atoms with Crippen LogP contribution in [0, 0.1) is 12.7 Å². The first kappa shape index (κ1) is 24.9. The molecule has 0 aliphatic carbocycles. The van der Waals surface area contributed by atoms with Crippen molar-refractivity contribution in [2.45, 2.75) is 39.4 Å². The zero-order valence-corrected chi connectivity index (χ0v) is 18.6. The smallest absolute Gasteiger partial charge is 0.419 e. The Labute approximate surface area is 192 Å². The maximum Gasteiger partial charge on any atom is 0.419 e. The van der Waals surface area contributed by atoms with E-state index in [0.29, 0.717) is 34.2 Å². The highest BCUT2D eigenvalue weighted by Gasteiger charge is 2.34. The van der Waals surface area contributed by atoms with E-state index in [0.717, 1.165) is 6.07 Å². The zero-order chi connectivity index (χ0) is 25.2. The number of hydrogen-bond acceptors (Lipinski definition) is 4. The number of carbonyl (C=O) groups excluding carboxylic acids is 2. The number of carbonyl (C=O) groups is 2. The average Bonchev–Trinajstić information content (AvgIpc) is 2.73. The molecular weight excluding hydrogens is 456 g/mol. The fraction of sp³-hybridized carbons (Fsp3) is 0.292. The summed E-state index contributed by atoms with van der Waals surface area (Å²) in [4.78, 5) is 36.6. The number of ether oxygens (including phenoxy) is 1. The molecule has 0 saturated heterocycles. The van der Waals surface area contributed by atoms with Gasteiger partial charge in [-0.25, -0.2) is 4.39 Å². The van der Waals surface area contributed by atoms with Gasteiger partial charge in [-0.05, 0) is 49.2 Å². The normalized spacial score (nSPS) is 12.4. The van der Waals surface area contributed by atoms with E-state index >= 15 is 0 Å². The molecule has 180 valence electrons. The van der Waals surface area contributed by atoms with Crippen LogP contribution in [-0.2, 0) is 26.9 Å². The number of alkyl halides is 3. The van der Waals surface area contributed by atoms with E-state index in [1.807, 2.05) is 0 Å². The first-order chi connectivity index (χ1) is 15.9. The molecule has 1 heterocycles. The molecule has 1 unspecified atom stereocenters. The summed E-state index contributed by atoms with van der Waals surface area (Å²) in [7, 11) is 0. The minimum atomic E-state index is -4.83. The van der Waals surface area contributed by atoms with Crippen molar-refractivity contribution in [3.8, 4) is 0 Å². The van der Waals surface area contributed by atoms with Crippen molar-refractivity contribution in [1.82, 2.24) is 4.57 Å². The maximum absolute atomic E-state index is 13.8. The van der Waals surface area contributed by atoms with Gasteiger partial charge in [0.2, 0.25) is 5.91 Å². The lowest BCUT2D eigenvalue weighted by molar-refractivity contribution is -0.142. The van der Waals surface area contributed by atoms with Gasteiger partial charge in [-0.1, -0.05) is 12.1 Å². The molecule has 1 aromatic heterocycles. The number of nitrogens with zero attached hydrogens (tertiary/aromatic N) is 1. The predicted molar refractivity (Wildman–Crippen MR) is 118 cm³/mol. The molecule has 0 spiro atoms. The summed E-state index contributed by atoms with van der Waals surface area (Å²) < 4.78 is 58.4. The summed E-state index contributed by atoms with van der Waals surface area (Å²) in [5.74, 6) is -2.50. The highest BCUT2D eigenvalue weighted by molar-refractivity contribution is 6.03. The largest absolute Gasteiger partial charge is 0.464 e. The second-order valence-corrected chi connectivity index (χ2v) is 7.94. The van der Waals surface area contributed by atoms with Crippen molar-refractivity contribution in [2.24, 2.45) is 0 Å². The van der Waals surface area contributed by atoms with Crippen molar-refractivity contribution in [3.05, 3.63) is 75.5 Å². The van der Waals surface area contributed by atoms with E-state index in [9.17, 15) is 31.9 Å². The molecule has 0 saturated carbocycles. The van der Waals surface area contributed by atoms with Gasteiger partial charge in [0.1, 0.15) is 12.4 Å². The van der Waals surface area contributed by atoms with Gasteiger partial charge in [0, 0.05) is 23.9 Å². The van der Waals surface area contributed by atoms with E-state index in [1.165, 1.54) is 17.7 Å². The van der Waals surface area contributed by atoms with Crippen LogP contribution in [0.5, 0.6) is 0 Å². The third kappa shape index (κ3) is 5.44. The summed E-state index contributed by atoms with van der Waals surface area (Å²) in [6.45, 7) is 4.73. The third-order valence-corrected chi connectivity index (χ3v) is 5.29. The first-order valence-electron chi connectivity index (χ1n) is 10.3. The molecule has 0 radical (unpaired) electrons. The minimum absolute atomic E-state index is 0.0138. The maximum atomic E-state index is 13.8. The van der Waals surface area contributed by atoms with Crippen molar-refractivity contribution in [3.63, 3.8) is 0 Å². The molecule has 6 nitrogen and oxygen atoms in total. The van der Waals surface area contributed by atoms with E-state index in [-0.39, 0.29) is 24.2 Å². The highest BCUT2D eigenvalue weighted by atomic mass is 19.4. The van der Waals surface area contributed by atoms with Crippen LogP contribution in [0.1, 0.15) is 36.6 Å². The molecule has 0 fully saturated rings. The Morgan fingerprint density at radius 3 is 2.44 bits per heavy atom. The zero-order valence-electron chi connectivity index (χ0n) is 18.6. The quantitative estimate of drug-likeness (QED) is 0.409. The van der Waals surface area contributed by atoms with Crippen LogP contribution in [0.25, 0.3) is 10.8 Å². The number of aryl methyl sites for hydroxylation is 1. The minimum Gasteiger partial charge on any atom is -0.464 e. The summed E-state index contributed by atoms with van der Waals surface area (Å²) >= 11 is 0. The number of amides is 1. The lowest BCUT2D eigenvalue weighted by Gasteiger charge is -2.17. The molecule has 3 rings (SSSR count). The summed E-state index contributed by atoms with van der Waals surface area (Å²) in [6, 6.07) is 6.81. The molecule has 3 aromatic rings. The number of hydrogen-bond donors (Lipinski definition) is 1. The van der Waals surface area contributed by atoms with Crippen LogP contribution in [0.15, 0.2) is 47.4 Å². The van der Waals surface area contributed by atoms with Gasteiger partial charge in [0.25, 0.3) is 5.56 Å². The molecule has 0 aliphatic rings. The first-order valence-corrected chi connectivity index (χ1v) is 10.3. The van der Waals surface area contributed by atoms with Gasteiger partial charge in [-0.2, -0.15) is 13.2 Å². The Morgan fingerprint density at radius 2 is 1.82 bits per heavy atom. The average molecular weight is 478 g/mol. The SMILES string of the molecule is CC(=O)OCC(C)n1ccc2c(NC(=O)Cc3ccc(C(F)(F)F)c(F)c3)c(C)ccc2c1=O. The van der Waals surface area contributed by atoms with Gasteiger partial charge in [0.15, 0.2) is 0 Å². The summed E-state index contributed by atoms with van der Waals surface area (Å²) in [5.41, 5.74) is -0.655. The molecule has 34 heavy (non-hydrogen) atoms. The fourth-order valence-corrected chi connectivity index (χ4v) is 3.55. The number of pyridine rings is 1. The molecule has 2 aromatic carbocycles. The standard InChI is InChI=1S/C24H22F4N2O4/c1-13-4-6-18-17(8-9-30(23(18)33)14(2)12-34-15(3)31)22(13)29-21(32)11-16-5-7-19(20(25)10-16)24(26,27)28/h4-10,14H,11-12H2,1-3H3,(H,29,32). The monoisotopic (exact) mass is 478 g/mol. The molecule has 1 amide bonds. The Bertz CT molecular complexity index is 1310. The van der Waals surface area contributed by atoms with E-state index in [2.05, 4.69) is 5.32 Å². The van der Waals surface area contributed by atoms with Crippen LogP contribution < -0.4 is 10.9 Å². The summed E-state index contributed by atoms with van der Waals surface area (Å²) in [5, 5.41) is 3.46. The van der Waals surface area contributed by atoms with Gasteiger partial charge < -0.3 is 14.6 Å². The molecule has 0 bridgehead atoms. The van der Waals surface area contributed by atoms with Crippen LogP contribution in [-0.4, -0.2) is 23.1 Å². The number of aromatic nitrogens is 1. The van der Waals surface area contributed by atoms with Crippen molar-refractivity contribution >= 4 is 28.3 Å². The molecular formula is C24H22F4N2O4. The Morgan fingerprint density at radius 1 is 1.12 bits per heavy atom. The van der Waals surface area contributed by atoms with Gasteiger partial charge in [-0.3, -0.25) is 14.4 Å². The van der Waals surface area contributed by atoms with Gasteiger partial charge in [-0.15, -0.1) is 0 Å². The Balaban J connectivity index is 1.87. The van der Waals surface area contributed by atoms with Crippen molar-refractivity contribution < 1.29 is 31.9 Å². The number of rotatable bonds is 6. The number of anilines is 1. The molecule has 1 N–H and O–H groups in total. The van der Waals surface area contributed by atoms with Crippen LogP contribution in [0.3, 0.4) is 0 Å².